The largest absolute Gasteiger partial charge is 0.490 e. The molecule has 1 saturated heterocycles. The predicted molar refractivity (Wildman–Crippen MR) is 160 cm³/mol. The summed E-state index contributed by atoms with van der Waals surface area (Å²) in [6.07, 6.45) is -1.26. The summed E-state index contributed by atoms with van der Waals surface area (Å²) in [5, 5.41) is 21.1. The van der Waals surface area contributed by atoms with Gasteiger partial charge in [-0.1, -0.05) is 18.2 Å². The van der Waals surface area contributed by atoms with E-state index >= 15 is 0 Å². The average molecular weight is 717 g/mol. The number of azo groups is 1. The van der Waals surface area contributed by atoms with Crippen molar-refractivity contribution in [3.05, 3.63) is 93.3 Å². The third kappa shape index (κ3) is 11.2. The molecule has 1 aliphatic rings. The number of rotatable bonds is 13. The second-order valence-corrected chi connectivity index (χ2v) is 13.9. The van der Waals surface area contributed by atoms with Gasteiger partial charge in [0.05, 0.1) is 29.6 Å². The van der Waals surface area contributed by atoms with Gasteiger partial charge in [0.15, 0.2) is 0 Å². The number of phosphoric acid groups is 3. The van der Waals surface area contributed by atoms with E-state index in [4.69, 9.17) is 14.5 Å². The summed E-state index contributed by atoms with van der Waals surface area (Å²) in [5.74, 6) is -0.625. The zero-order valence-electron chi connectivity index (χ0n) is 23.6. The summed E-state index contributed by atoms with van der Waals surface area (Å²) in [7, 11) is -16.9. The minimum absolute atomic E-state index is 0.161. The van der Waals surface area contributed by atoms with Crippen LogP contribution in [0.15, 0.2) is 86.7 Å². The molecule has 0 spiro atoms. The number of aliphatic hydroxyl groups excluding tert-OH is 1. The molecule has 7 N–H and O–H groups in total. The van der Waals surface area contributed by atoms with Crippen LogP contribution in [0.5, 0.6) is 0 Å². The first-order valence-electron chi connectivity index (χ1n) is 13.0. The minimum Gasteiger partial charge on any atom is -0.390 e. The van der Waals surface area contributed by atoms with Gasteiger partial charge in [-0.3, -0.25) is 23.7 Å². The monoisotopic (exact) mass is 717 g/mol. The summed E-state index contributed by atoms with van der Waals surface area (Å²) >= 11 is 0. The Morgan fingerprint density at radius 1 is 0.979 bits per heavy atom. The van der Waals surface area contributed by atoms with Crippen molar-refractivity contribution in [3.8, 4) is 0 Å². The van der Waals surface area contributed by atoms with Crippen LogP contribution in [0.1, 0.15) is 18.2 Å². The number of carbonyl (C=O) groups excluding carboxylic acids is 1. The first-order valence-corrected chi connectivity index (χ1v) is 17.5. The molecule has 4 rings (SSSR count). The lowest BCUT2D eigenvalue weighted by atomic mass is 10.2. The van der Waals surface area contributed by atoms with Crippen LogP contribution in [0, 0.1) is 0 Å². The van der Waals surface area contributed by atoms with E-state index in [9.17, 15) is 43.0 Å². The molecule has 0 saturated carbocycles. The highest BCUT2D eigenvalue weighted by Gasteiger charge is 2.43. The van der Waals surface area contributed by atoms with Crippen LogP contribution in [0.3, 0.4) is 0 Å². The number of ether oxygens (including phenoxy) is 1. The molecule has 1 fully saturated rings. The fourth-order valence-corrected chi connectivity index (χ4v) is 6.94. The summed E-state index contributed by atoms with van der Waals surface area (Å²) in [5.41, 5.74) is -0.374. The number of hydrogen-bond acceptors (Lipinski definition) is 13. The molecule has 2 heterocycles. The number of anilines is 1. The highest BCUT2D eigenvalue weighted by Crippen LogP contribution is 2.66. The van der Waals surface area contributed by atoms with Crippen LogP contribution >= 0.6 is 23.5 Å². The van der Waals surface area contributed by atoms with Crippen molar-refractivity contribution in [1.82, 2.24) is 9.55 Å². The number of phosphoric ester groups is 1. The van der Waals surface area contributed by atoms with Gasteiger partial charge in [0, 0.05) is 24.4 Å². The summed E-state index contributed by atoms with van der Waals surface area (Å²) in [4.78, 5) is 75.4. The van der Waals surface area contributed by atoms with E-state index in [1.165, 1.54) is 0 Å². The molecule has 20 nitrogen and oxygen atoms in total. The van der Waals surface area contributed by atoms with Gasteiger partial charge < -0.3 is 34.7 Å². The van der Waals surface area contributed by atoms with E-state index in [1.54, 1.807) is 36.4 Å². The van der Waals surface area contributed by atoms with Crippen LogP contribution < -0.4 is 16.6 Å². The van der Waals surface area contributed by atoms with Crippen molar-refractivity contribution in [2.75, 3.05) is 11.9 Å². The van der Waals surface area contributed by atoms with E-state index < -0.39 is 65.7 Å². The zero-order valence-corrected chi connectivity index (χ0v) is 26.3. The molecule has 2 aromatic carbocycles. The molecule has 0 radical (unpaired) electrons. The highest BCUT2D eigenvalue weighted by atomic mass is 31.3. The van der Waals surface area contributed by atoms with Crippen molar-refractivity contribution in [3.63, 3.8) is 0 Å². The molecule has 2 unspecified atom stereocenters. The SMILES string of the molecule is O=C(/C=C/c1cn([C@H]2C[C@H](O)[C@@H](COP(=O)(O)OP(=O)(O)OP(=O)(O)O)O2)c(=O)[nH]c1=O)Nc1ccc(N=Nc2ccccc2)cc1. The average Bonchev–Trinajstić information content (AvgIpc) is 3.34. The Labute approximate surface area is 263 Å². The predicted octanol–water partition coefficient (Wildman–Crippen LogP) is 2.60. The summed E-state index contributed by atoms with van der Waals surface area (Å²) in [6.45, 7) is -0.969. The highest BCUT2D eigenvalue weighted by molar-refractivity contribution is 7.66. The van der Waals surface area contributed by atoms with E-state index in [0.29, 0.717) is 17.1 Å². The molecule has 0 bridgehead atoms. The molecular formula is C24H26N5O15P3. The lowest BCUT2D eigenvalue weighted by Crippen LogP contribution is -2.33. The molecule has 5 atom stereocenters. The Hall–Kier alpha value is -3.74. The van der Waals surface area contributed by atoms with Crippen molar-refractivity contribution >= 4 is 52.5 Å². The maximum Gasteiger partial charge on any atom is 0.490 e. The summed E-state index contributed by atoms with van der Waals surface area (Å²) in [6, 6.07) is 15.5. The number of aliphatic hydroxyl groups is 1. The van der Waals surface area contributed by atoms with Crippen LogP contribution in [0.25, 0.3) is 6.08 Å². The fourth-order valence-electron chi connectivity index (χ4n) is 3.91. The molecule has 0 aliphatic carbocycles. The topological polar surface area (TPSA) is 298 Å². The van der Waals surface area contributed by atoms with E-state index in [0.717, 1.165) is 22.9 Å². The molecule has 47 heavy (non-hydrogen) atoms. The maximum absolute atomic E-state index is 12.5. The molecule has 252 valence electrons. The van der Waals surface area contributed by atoms with Gasteiger partial charge in [-0.2, -0.15) is 18.8 Å². The number of nitrogens with one attached hydrogen (secondary N) is 2. The standard InChI is InChI=1S/C24H26N5O15P3/c30-19-12-22(42-20(19)14-41-46(37,38)44-47(39,40)43-45(34,35)36)29-13-15(23(32)26-24(29)33)6-11-21(31)25-16-7-9-18(10-8-16)28-27-17-4-2-1-3-5-17/h1-11,13,19-20,22,30H,12,14H2,(H,25,31)(H,37,38)(H,39,40)(H,26,32,33)(H2,34,35,36)/b11-6+,28-27?/t19-,20+,22+/m0/s1. The minimum atomic E-state index is -5.76. The Bertz CT molecular complexity index is 1910. The lowest BCUT2D eigenvalue weighted by Gasteiger charge is -2.19. The first-order chi connectivity index (χ1) is 22.0. The number of amides is 1. The number of carbonyl (C=O) groups is 1. The first kappa shape index (κ1) is 36.1. The second-order valence-electron chi connectivity index (χ2n) is 9.47. The number of aromatic nitrogens is 2. The third-order valence-electron chi connectivity index (χ3n) is 5.91. The number of hydrogen-bond donors (Lipinski definition) is 7. The van der Waals surface area contributed by atoms with Gasteiger partial charge in [-0.15, -0.1) is 0 Å². The Morgan fingerprint density at radius 2 is 1.62 bits per heavy atom. The van der Waals surface area contributed by atoms with Crippen molar-refractivity contribution < 1.29 is 61.1 Å². The normalized spacial score (nSPS) is 21.1. The molecule has 1 amide bonds. The van der Waals surface area contributed by atoms with Gasteiger partial charge in [0.2, 0.25) is 5.91 Å². The Morgan fingerprint density at radius 3 is 2.26 bits per heavy atom. The van der Waals surface area contributed by atoms with Gasteiger partial charge in [0.25, 0.3) is 5.56 Å². The lowest BCUT2D eigenvalue weighted by molar-refractivity contribution is -0.111. The molecular weight excluding hydrogens is 691 g/mol. The van der Waals surface area contributed by atoms with Crippen LogP contribution in [0.2, 0.25) is 0 Å². The number of benzene rings is 2. The number of aromatic amines is 1. The zero-order chi connectivity index (χ0) is 34.4. The Balaban J connectivity index is 1.36. The van der Waals surface area contributed by atoms with E-state index in [-0.39, 0.29) is 12.0 Å². The quantitative estimate of drug-likeness (QED) is 0.0759. The van der Waals surface area contributed by atoms with Gasteiger partial charge >= 0.3 is 29.2 Å². The van der Waals surface area contributed by atoms with Crippen LogP contribution in [-0.2, 0) is 36.4 Å². The van der Waals surface area contributed by atoms with Crippen molar-refractivity contribution in [2.45, 2.75) is 24.9 Å². The van der Waals surface area contributed by atoms with Crippen LogP contribution in [-0.4, -0.2) is 59.0 Å². The van der Waals surface area contributed by atoms with Gasteiger partial charge in [0.1, 0.15) is 12.3 Å². The fraction of sp³-hybridized carbons (Fsp3) is 0.208. The van der Waals surface area contributed by atoms with Crippen LogP contribution in [0.4, 0.5) is 17.1 Å². The number of nitrogens with zero attached hydrogens (tertiary/aromatic N) is 3. The Kier molecular flexibility index (Phi) is 11.5. The van der Waals surface area contributed by atoms with Crippen molar-refractivity contribution in [1.29, 1.82) is 0 Å². The third-order valence-corrected chi connectivity index (χ3v) is 9.72. The number of H-pyrrole nitrogens is 1. The van der Waals surface area contributed by atoms with Gasteiger partial charge in [-0.25, -0.2) is 18.5 Å². The second kappa shape index (κ2) is 15.0. The van der Waals surface area contributed by atoms with E-state index in [1.807, 2.05) is 23.2 Å². The smallest absolute Gasteiger partial charge is 0.390 e. The van der Waals surface area contributed by atoms with E-state index in [2.05, 4.69) is 28.7 Å². The molecule has 23 heteroatoms. The maximum atomic E-state index is 12.5. The molecule has 1 aromatic heterocycles. The molecule has 1 aliphatic heterocycles. The molecule has 3 aromatic rings. The van der Waals surface area contributed by atoms with Crippen molar-refractivity contribution in [2.24, 2.45) is 10.2 Å². The van der Waals surface area contributed by atoms with Gasteiger partial charge in [-0.05, 0) is 42.5 Å². The summed E-state index contributed by atoms with van der Waals surface area (Å²) < 4.78 is 52.2.